The highest BCUT2D eigenvalue weighted by Crippen LogP contribution is 2.42. The van der Waals surface area contributed by atoms with Crippen LogP contribution in [-0.4, -0.2) is 10.9 Å². The summed E-state index contributed by atoms with van der Waals surface area (Å²) in [5.41, 5.74) is 9.00. The molecule has 4 heteroatoms. The number of para-hydroxylation sites is 2. The van der Waals surface area contributed by atoms with Crippen LogP contribution in [0.2, 0.25) is 0 Å². The maximum Gasteiger partial charge on any atom is 0.273 e. The van der Waals surface area contributed by atoms with Crippen molar-refractivity contribution < 1.29 is 4.79 Å². The summed E-state index contributed by atoms with van der Waals surface area (Å²) in [6.45, 7) is 0. The third-order valence-corrected chi connectivity index (χ3v) is 7.66. The van der Waals surface area contributed by atoms with Gasteiger partial charge in [-0.1, -0.05) is 127 Å². The van der Waals surface area contributed by atoms with Gasteiger partial charge in [0.25, 0.3) is 5.91 Å². The number of carbonyl (C=O) groups excluding carboxylic acids is 1. The molecule has 7 rings (SSSR count). The second-order valence-electron chi connectivity index (χ2n) is 10.1. The van der Waals surface area contributed by atoms with Crippen LogP contribution < -0.4 is 10.9 Å². The van der Waals surface area contributed by atoms with Gasteiger partial charge in [0.15, 0.2) is 0 Å². The molecule has 0 fully saturated rings. The van der Waals surface area contributed by atoms with E-state index in [0.717, 1.165) is 55.2 Å². The van der Waals surface area contributed by atoms with Gasteiger partial charge in [0, 0.05) is 33.0 Å². The van der Waals surface area contributed by atoms with Crippen molar-refractivity contribution in [1.82, 2.24) is 4.98 Å². The van der Waals surface area contributed by atoms with Gasteiger partial charge in [0.1, 0.15) is 0 Å². The van der Waals surface area contributed by atoms with Gasteiger partial charge in [-0.15, -0.1) is 0 Å². The number of anilines is 1. The Hall–Kier alpha value is -5.45. The van der Waals surface area contributed by atoms with Crippen LogP contribution in [0.3, 0.4) is 0 Å². The zero-order valence-corrected chi connectivity index (χ0v) is 22.3. The lowest BCUT2D eigenvalue weighted by molar-refractivity contribution is 0.0987. The van der Waals surface area contributed by atoms with Crippen LogP contribution in [-0.2, 0) is 0 Å². The summed E-state index contributed by atoms with van der Waals surface area (Å²) in [5.74, 6) is 6.37. The summed E-state index contributed by atoms with van der Waals surface area (Å²) < 4.78 is 0. The summed E-state index contributed by atoms with van der Waals surface area (Å²) in [7, 11) is 0. The lowest BCUT2D eigenvalue weighted by atomic mass is 9.89. The highest BCUT2D eigenvalue weighted by atomic mass is 16.2. The minimum Gasteiger partial charge on any atom is -0.354 e. The van der Waals surface area contributed by atoms with Crippen molar-refractivity contribution in [3.8, 4) is 33.4 Å². The Labute approximate surface area is 238 Å². The molecule has 1 aromatic heterocycles. The molecule has 1 amide bonds. The number of nitrogens with one attached hydrogen (secondary N) is 1. The molecule has 0 unspecified atom stereocenters. The summed E-state index contributed by atoms with van der Waals surface area (Å²) in [6, 6.07) is 48.3. The maximum absolute atomic E-state index is 14.3. The molecule has 0 saturated heterocycles. The van der Waals surface area contributed by atoms with Crippen LogP contribution in [0.15, 0.2) is 146 Å². The van der Waals surface area contributed by atoms with Crippen LogP contribution >= 0.6 is 0 Å². The molecule has 0 saturated carbocycles. The number of hydrogen-bond acceptors (Lipinski definition) is 2. The first kappa shape index (κ1) is 24.6. The highest BCUT2D eigenvalue weighted by molar-refractivity contribution is 6.18. The number of aromatic amines is 1. The van der Waals surface area contributed by atoms with Gasteiger partial charge in [0.05, 0.1) is 11.2 Å². The summed E-state index contributed by atoms with van der Waals surface area (Å²) >= 11 is 0. The molecule has 0 atom stereocenters. The molecule has 4 nitrogen and oxygen atoms in total. The first-order chi connectivity index (χ1) is 20.2. The van der Waals surface area contributed by atoms with Crippen molar-refractivity contribution in [1.29, 1.82) is 0 Å². The van der Waals surface area contributed by atoms with E-state index in [1.807, 2.05) is 109 Å². The van der Waals surface area contributed by atoms with Gasteiger partial charge < -0.3 is 4.98 Å². The number of aromatic nitrogens is 1. The smallest absolute Gasteiger partial charge is 0.273 e. The Morgan fingerprint density at radius 2 is 1.12 bits per heavy atom. The first-order valence-corrected chi connectivity index (χ1v) is 13.6. The van der Waals surface area contributed by atoms with E-state index in [-0.39, 0.29) is 5.91 Å². The van der Waals surface area contributed by atoms with E-state index in [2.05, 4.69) is 41.4 Å². The van der Waals surface area contributed by atoms with E-state index in [1.54, 1.807) is 0 Å². The topological polar surface area (TPSA) is 62.1 Å². The molecule has 0 bridgehead atoms. The van der Waals surface area contributed by atoms with Crippen LogP contribution in [0.25, 0.3) is 55.2 Å². The van der Waals surface area contributed by atoms with E-state index in [9.17, 15) is 4.79 Å². The number of fused-ring (bicyclic) bond motifs is 3. The van der Waals surface area contributed by atoms with Crippen molar-refractivity contribution in [3.05, 3.63) is 151 Å². The molecular formula is C37H27N3O. The molecule has 1 heterocycles. The Morgan fingerprint density at radius 1 is 0.537 bits per heavy atom. The second-order valence-corrected chi connectivity index (χ2v) is 10.1. The van der Waals surface area contributed by atoms with E-state index >= 15 is 0 Å². The van der Waals surface area contributed by atoms with Crippen molar-refractivity contribution in [2.24, 2.45) is 5.84 Å². The number of rotatable bonds is 5. The van der Waals surface area contributed by atoms with Crippen molar-refractivity contribution in [2.45, 2.75) is 0 Å². The second kappa shape index (κ2) is 10.3. The Morgan fingerprint density at radius 3 is 1.88 bits per heavy atom. The maximum atomic E-state index is 14.3. The van der Waals surface area contributed by atoms with E-state index in [0.29, 0.717) is 11.3 Å². The number of nitrogens with zero attached hydrogens (tertiary/aromatic N) is 1. The van der Waals surface area contributed by atoms with Gasteiger partial charge in [-0.3, -0.25) is 4.79 Å². The van der Waals surface area contributed by atoms with E-state index in [4.69, 9.17) is 5.84 Å². The minimum atomic E-state index is -0.281. The summed E-state index contributed by atoms with van der Waals surface area (Å²) in [4.78, 5) is 17.9. The van der Waals surface area contributed by atoms with Gasteiger partial charge in [-0.05, 0) is 40.5 Å². The molecule has 7 aromatic rings. The zero-order valence-electron chi connectivity index (χ0n) is 22.3. The fourth-order valence-electron chi connectivity index (χ4n) is 5.73. The average Bonchev–Trinajstić information content (AvgIpc) is 3.43. The first-order valence-electron chi connectivity index (χ1n) is 13.6. The highest BCUT2D eigenvalue weighted by Gasteiger charge is 2.24. The Balaban J connectivity index is 1.44. The van der Waals surface area contributed by atoms with Crippen molar-refractivity contribution >= 4 is 33.4 Å². The average molecular weight is 530 g/mol. The van der Waals surface area contributed by atoms with E-state index in [1.165, 1.54) is 5.01 Å². The minimum absolute atomic E-state index is 0.281. The van der Waals surface area contributed by atoms with Crippen molar-refractivity contribution in [3.63, 3.8) is 0 Å². The molecule has 0 radical (unpaired) electrons. The number of benzene rings is 6. The van der Waals surface area contributed by atoms with Crippen LogP contribution in [0.4, 0.5) is 5.69 Å². The van der Waals surface area contributed by atoms with E-state index < -0.39 is 0 Å². The molecule has 3 N–H and O–H groups in total. The molecule has 0 spiro atoms. The number of hydrogen-bond donors (Lipinski definition) is 2. The van der Waals surface area contributed by atoms with Crippen LogP contribution in [0, 0.1) is 0 Å². The number of hydrazine groups is 1. The lowest BCUT2D eigenvalue weighted by Crippen LogP contribution is -2.38. The normalized spacial score (nSPS) is 11.1. The SMILES string of the molecule is NN(C(=O)c1ccccc1-c1c(-c2ccccc2)ccc2c1[nH]c1ccccc12)c1ccccc1-c1ccccc1. The molecule has 0 aliphatic rings. The molecule has 6 aromatic carbocycles. The van der Waals surface area contributed by atoms with Crippen LogP contribution in [0.1, 0.15) is 10.4 Å². The lowest BCUT2D eigenvalue weighted by Gasteiger charge is -2.22. The summed E-state index contributed by atoms with van der Waals surface area (Å²) in [6.07, 6.45) is 0. The van der Waals surface area contributed by atoms with Crippen molar-refractivity contribution in [2.75, 3.05) is 5.01 Å². The van der Waals surface area contributed by atoms with Gasteiger partial charge in [-0.2, -0.15) is 0 Å². The third kappa shape index (κ3) is 4.27. The predicted molar refractivity (Wildman–Crippen MR) is 170 cm³/mol. The largest absolute Gasteiger partial charge is 0.354 e. The zero-order chi connectivity index (χ0) is 27.8. The number of carbonyl (C=O) groups is 1. The fraction of sp³-hybridized carbons (Fsp3) is 0. The quantitative estimate of drug-likeness (QED) is 0.133. The molecule has 41 heavy (non-hydrogen) atoms. The molecular weight excluding hydrogens is 502 g/mol. The van der Waals surface area contributed by atoms with Gasteiger partial charge in [-0.25, -0.2) is 10.9 Å². The number of H-pyrrole nitrogens is 1. The Kier molecular flexibility index (Phi) is 6.15. The van der Waals surface area contributed by atoms with Crippen LogP contribution in [0.5, 0.6) is 0 Å². The monoisotopic (exact) mass is 529 g/mol. The molecule has 0 aliphatic heterocycles. The third-order valence-electron chi connectivity index (χ3n) is 7.66. The number of nitrogens with two attached hydrogens (primary N) is 1. The molecule has 0 aliphatic carbocycles. The summed E-state index contributed by atoms with van der Waals surface area (Å²) in [5, 5.41) is 3.52. The fourth-order valence-corrected chi connectivity index (χ4v) is 5.73. The number of amides is 1. The standard InChI is InChI=1S/C37H27N3O/c38-40(34-22-12-10-17-27(34)25-13-3-1-4-14-25)37(41)32-20-8-7-19-30(32)35-28(26-15-5-2-6-16-26)23-24-31-29-18-9-11-21-33(29)39-36(31)35/h1-24,39H,38H2. The molecule has 196 valence electrons. The van der Waals surface area contributed by atoms with Gasteiger partial charge >= 0.3 is 0 Å². The Bertz CT molecular complexity index is 2030. The van der Waals surface area contributed by atoms with Gasteiger partial charge in [0.2, 0.25) is 0 Å². The predicted octanol–water partition coefficient (Wildman–Crippen LogP) is 8.84.